The summed E-state index contributed by atoms with van der Waals surface area (Å²) < 4.78 is 26.0. The third-order valence-electron chi connectivity index (χ3n) is 4.46. The van der Waals surface area contributed by atoms with Crippen LogP contribution in [0.3, 0.4) is 0 Å². The first-order chi connectivity index (χ1) is 13.5. The fraction of sp³-hybridized carbons (Fsp3) is 0.300. The van der Waals surface area contributed by atoms with E-state index < -0.39 is 23.6 Å². The molecule has 0 atom stereocenters. The number of rotatable bonds is 5. The van der Waals surface area contributed by atoms with Gasteiger partial charge in [-0.25, -0.2) is 13.6 Å². The zero-order valence-electron chi connectivity index (χ0n) is 15.3. The van der Waals surface area contributed by atoms with Gasteiger partial charge in [0.1, 0.15) is 0 Å². The Morgan fingerprint density at radius 2 is 1.54 bits per heavy atom. The molecule has 0 bridgehead atoms. The molecule has 1 heterocycles. The lowest BCUT2D eigenvalue weighted by Crippen LogP contribution is -2.35. The van der Waals surface area contributed by atoms with Crippen molar-refractivity contribution in [3.05, 3.63) is 54.1 Å². The smallest absolute Gasteiger partial charge is 0.319 e. The topological polar surface area (TPSA) is 73.5 Å². The zero-order chi connectivity index (χ0) is 19.9. The summed E-state index contributed by atoms with van der Waals surface area (Å²) in [6.45, 7) is 1.78. The lowest BCUT2D eigenvalue weighted by atomic mass is 10.1. The molecule has 0 spiro atoms. The number of nitrogens with one attached hydrogen (secondary N) is 3. The number of benzene rings is 2. The molecule has 28 heavy (non-hydrogen) atoms. The molecule has 148 valence electrons. The minimum absolute atomic E-state index is 0.111. The normalized spacial score (nSPS) is 13.7. The van der Waals surface area contributed by atoms with Gasteiger partial charge in [0.2, 0.25) is 5.91 Å². The van der Waals surface area contributed by atoms with Crippen LogP contribution in [-0.4, -0.2) is 31.6 Å². The Balaban J connectivity index is 1.44. The molecule has 0 radical (unpaired) electrons. The molecular weight excluding hydrogens is 366 g/mol. The number of piperidine rings is 1. The van der Waals surface area contributed by atoms with Gasteiger partial charge in [-0.1, -0.05) is 0 Å². The van der Waals surface area contributed by atoms with Crippen molar-refractivity contribution in [2.45, 2.75) is 19.3 Å². The van der Waals surface area contributed by atoms with Gasteiger partial charge in [0.15, 0.2) is 11.6 Å². The molecule has 1 saturated heterocycles. The van der Waals surface area contributed by atoms with Crippen LogP contribution in [0, 0.1) is 11.6 Å². The van der Waals surface area contributed by atoms with Gasteiger partial charge in [-0.05, 0) is 55.7 Å². The average molecular weight is 388 g/mol. The maximum Gasteiger partial charge on any atom is 0.319 e. The quantitative estimate of drug-likeness (QED) is 0.731. The van der Waals surface area contributed by atoms with E-state index in [4.69, 9.17) is 0 Å². The Hall–Kier alpha value is -3.16. The van der Waals surface area contributed by atoms with E-state index in [-0.39, 0.29) is 12.2 Å². The molecule has 2 aromatic carbocycles. The maximum atomic E-state index is 13.1. The van der Waals surface area contributed by atoms with Gasteiger partial charge in [-0.15, -0.1) is 0 Å². The number of hydrogen-bond donors (Lipinski definition) is 3. The highest BCUT2D eigenvalue weighted by Gasteiger charge is 2.11. The predicted molar refractivity (Wildman–Crippen MR) is 105 cm³/mol. The van der Waals surface area contributed by atoms with Crippen LogP contribution in [-0.2, 0) is 4.79 Å². The van der Waals surface area contributed by atoms with Gasteiger partial charge >= 0.3 is 6.03 Å². The molecule has 2 aromatic rings. The second kappa shape index (κ2) is 9.16. The highest BCUT2D eigenvalue weighted by atomic mass is 19.2. The largest absolute Gasteiger partial charge is 0.372 e. The first-order valence-electron chi connectivity index (χ1n) is 9.16. The van der Waals surface area contributed by atoms with E-state index in [2.05, 4.69) is 20.9 Å². The zero-order valence-corrected chi connectivity index (χ0v) is 15.3. The molecule has 8 heteroatoms. The van der Waals surface area contributed by atoms with E-state index >= 15 is 0 Å². The molecule has 6 nitrogen and oxygen atoms in total. The Morgan fingerprint density at radius 3 is 2.21 bits per heavy atom. The number of carbonyl (C=O) groups excluding carboxylic acids is 2. The summed E-state index contributed by atoms with van der Waals surface area (Å²) in [6.07, 6.45) is 3.64. The van der Waals surface area contributed by atoms with Gasteiger partial charge < -0.3 is 20.9 Å². The summed E-state index contributed by atoms with van der Waals surface area (Å²) in [5.41, 5.74) is 1.84. The molecule has 3 N–H and O–H groups in total. The number of anilines is 3. The molecule has 1 aliphatic rings. The molecule has 1 aliphatic heterocycles. The lowest BCUT2D eigenvalue weighted by molar-refractivity contribution is -0.115. The Kier molecular flexibility index (Phi) is 6.41. The first-order valence-corrected chi connectivity index (χ1v) is 9.16. The van der Waals surface area contributed by atoms with Crippen molar-refractivity contribution in [2.75, 3.05) is 35.2 Å². The molecule has 0 saturated carbocycles. The Labute approximate surface area is 161 Å². The van der Waals surface area contributed by atoms with Crippen LogP contribution in [0.5, 0.6) is 0 Å². The molecule has 0 aromatic heterocycles. The molecule has 3 rings (SSSR count). The van der Waals surface area contributed by atoms with Crippen molar-refractivity contribution in [2.24, 2.45) is 0 Å². The van der Waals surface area contributed by atoms with Crippen LogP contribution in [0.1, 0.15) is 19.3 Å². The lowest BCUT2D eigenvalue weighted by Gasteiger charge is -2.28. The number of halogens is 2. The van der Waals surface area contributed by atoms with Crippen LogP contribution < -0.4 is 20.9 Å². The Bertz CT molecular complexity index is 837. The third kappa shape index (κ3) is 5.42. The van der Waals surface area contributed by atoms with Crippen molar-refractivity contribution in [1.29, 1.82) is 0 Å². The highest BCUT2D eigenvalue weighted by molar-refractivity contribution is 5.97. The molecule has 1 fully saturated rings. The Morgan fingerprint density at radius 1 is 0.857 bits per heavy atom. The number of amides is 3. The molecule has 0 unspecified atom stereocenters. The number of carbonyl (C=O) groups is 2. The van der Waals surface area contributed by atoms with Crippen LogP contribution in [0.2, 0.25) is 0 Å². The summed E-state index contributed by atoms with van der Waals surface area (Å²) in [6, 6.07) is 10.0. The van der Waals surface area contributed by atoms with Crippen molar-refractivity contribution in [1.82, 2.24) is 5.32 Å². The van der Waals surface area contributed by atoms with E-state index in [0.717, 1.165) is 30.9 Å². The number of nitrogens with zero attached hydrogens (tertiary/aromatic N) is 1. The minimum Gasteiger partial charge on any atom is -0.372 e. The van der Waals surface area contributed by atoms with E-state index in [0.29, 0.717) is 5.69 Å². The SMILES string of the molecule is O=C(CNC(=O)Nc1ccc(N2CCCCC2)cc1)Nc1ccc(F)c(F)c1. The predicted octanol–water partition coefficient (Wildman–Crippen LogP) is 3.72. The van der Waals surface area contributed by atoms with Crippen LogP contribution in [0.4, 0.5) is 30.6 Å². The van der Waals surface area contributed by atoms with E-state index in [1.54, 1.807) is 0 Å². The van der Waals surface area contributed by atoms with Crippen molar-refractivity contribution >= 4 is 29.0 Å². The standard InChI is InChI=1S/C20H22F2N4O2/c21-17-9-6-15(12-18(17)22)24-19(27)13-23-20(28)25-14-4-7-16(8-5-14)26-10-2-1-3-11-26/h4-9,12H,1-3,10-11,13H2,(H,24,27)(H2,23,25,28). The molecule has 3 amide bonds. The summed E-state index contributed by atoms with van der Waals surface area (Å²) in [7, 11) is 0. The fourth-order valence-electron chi connectivity index (χ4n) is 3.02. The second-order valence-electron chi connectivity index (χ2n) is 6.58. The fourth-order valence-corrected chi connectivity index (χ4v) is 3.02. The van der Waals surface area contributed by atoms with Gasteiger partial charge in [0.05, 0.1) is 6.54 Å². The summed E-state index contributed by atoms with van der Waals surface area (Å²) in [4.78, 5) is 26.1. The van der Waals surface area contributed by atoms with Crippen LogP contribution in [0.25, 0.3) is 0 Å². The molecular formula is C20H22F2N4O2. The monoisotopic (exact) mass is 388 g/mol. The second-order valence-corrected chi connectivity index (χ2v) is 6.58. The van der Waals surface area contributed by atoms with Crippen molar-refractivity contribution in [3.63, 3.8) is 0 Å². The number of urea groups is 1. The van der Waals surface area contributed by atoms with Gasteiger partial charge in [0.25, 0.3) is 0 Å². The number of hydrogen-bond acceptors (Lipinski definition) is 3. The average Bonchev–Trinajstić information content (AvgIpc) is 2.70. The summed E-state index contributed by atoms with van der Waals surface area (Å²) in [5.74, 6) is -2.61. The highest BCUT2D eigenvalue weighted by Crippen LogP contribution is 2.21. The van der Waals surface area contributed by atoms with Crippen LogP contribution >= 0.6 is 0 Å². The van der Waals surface area contributed by atoms with Crippen molar-refractivity contribution in [3.8, 4) is 0 Å². The molecule has 0 aliphatic carbocycles. The van der Waals surface area contributed by atoms with Gasteiger partial charge in [0, 0.05) is 36.2 Å². The third-order valence-corrected chi connectivity index (χ3v) is 4.46. The summed E-state index contributed by atoms with van der Waals surface area (Å²) in [5, 5.41) is 7.44. The first kappa shape index (κ1) is 19.6. The minimum atomic E-state index is -1.06. The van der Waals surface area contributed by atoms with Crippen LogP contribution in [0.15, 0.2) is 42.5 Å². The van der Waals surface area contributed by atoms with Gasteiger partial charge in [-0.3, -0.25) is 4.79 Å². The van der Waals surface area contributed by atoms with Gasteiger partial charge in [-0.2, -0.15) is 0 Å². The van der Waals surface area contributed by atoms with E-state index in [1.807, 2.05) is 24.3 Å². The van der Waals surface area contributed by atoms with Crippen molar-refractivity contribution < 1.29 is 18.4 Å². The summed E-state index contributed by atoms with van der Waals surface area (Å²) >= 11 is 0. The van der Waals surface area contributed by atoms with E-state index in [1.165, 1.54) is 25.3 Å². The van der Waals surface area contributed by atoms with E-state index in [9.17, 15) is 18.4 Å². The maximum absolute atomic E-state index is 13.1.